The maximum Gasteiger partial charge on any atom is 0.270 e. The van der Waals surface area contributed by atoms with Crippen molar-refractivity contribution in [2.75, 3.05) is 0 Å². The molecule has 0 saturated carbocycles. The molecule has 5 heteroatoms. The average Bonchev–Trinajstić information content (AvgIpc) is 2.20. The van der Waals surface area contributed by atoms with E-state index in [4.69, 9.17) is 11.6 Å². The van der Waals surface area contributed by atoms with E-state index in [9.17, 15) is 15.2 Å². The standard InChI is InChI=1S/C11H14ClNO3/c1-3-9(7(2)14)10-5-4-8(13(15)16)6-11(10)12/h4-7,9,14H,3H2,1-2H3. The Hall–Kier alpha value is -1.13. The number of rotatable bonds is 4. The fourth-order valence-corrected chi connectivity index (χ4v) is 2.07. The summed E-state index contributed by atoms with van der Waals surface area (Å²) < 4.78 is 0. The molecule has 0 heterocycles. The van der Waals surface area contributed by atoms with E-state index in [0.717, 1.165) is 12.0 Å². The Labute approximate surface area is 99.0 Å². The summed E-state index contributed by atoms with van der Waals surface area (Å²) in [5.41, 5.74) is 0.721. The second kappa shape index (κ2) is 5.27. The van der Waals surface area contributed by atoms with Gasteiger partial charge in [0.1, 0.15) is 0 Å². The molecule has 1 aromatic carbocycles. The summed E-state index contributed by atoms with van der Waals surface area (Å²) in [5, 5.41) is 20.4. The first-order valence-corrected chi connectivity index (χ1v) is 5.47. The Balaban J connectivity index is 3.11. The second-order valence-corrected chi connectivity index (χ2v) is 4.13. The van der Waals surface area contributed by atoms with Crippen molar-refractivity contribution < 1.29 is 10.0 Å². The van der Waals surface area contributed by atoms with Crippen molar-refractivity contribution in [1.29, 1.82) is 0 Å². The predicted octanol–water partition coefficient (Wildman–Crippen LogP) is 3.12. The molecule has 4 nitrogen and oxygen atoms in total. The first kappa shape index (κ1) is 12.9. The highest BCUT2D eigenvalue weighted by Gasteiger charge is 2.19. The zero-order chi connectivity index (χ0) is 12.3. The maximum atomic E-state index is 10.5. The molecule has 88 valence electrons. The first-order chi connectivity index (χ1) is 7.47. The highest BCUT2D eigenvalue weighted by Crippen LogP contribution is 2.32. The van der Waals surface area contributed by atoms with Gasteiger partial charge in [-0.15, -0.1) is 0 Å². The van der Waals surface area contributed by atoms with Gasteiger partial charge in [0.25, 0.3) is 5.69 Å². The van der Waals surface area contributed by atoms with Crippen LogP contribution >= 0.6 is 11.6 Å². The molecule has 0 bridgehead atoms. The van der Waals surface area contributed by atoms with Crippen LogP contribution in [0.3, 0.4) is 0 Å². The van der Waals surface area contributed by atoms with Gasteiger partial charge in [0.2, 0.25) is 0 Å². The summed E-state index contributed by atoms with van der Waals surface area (Å²) in [6.45, 7) is 3.63. The third-order valence-electron chi connectivity index (χ3n) is 2.62. The molecule has 0 spiro atoms. The molecule has 16 heavy (non-hydrogen) atoms. The van der Waals surface area contributed by atoms with Crippen molar-refractivity contribution in [3.8, 4) is 0 Å². The second-order valence-electron chi connectivity index (χ2n) is 3.72. The number of nitro benzene ring substituents is 1. The van der Waals surface area contributed by atoms with E-state index in [2.05, 4.69) is 0 Å². The van der Waals surface area contributed by atoms with Gasteiger partial charge < -0.3 is 5.11 Å². The van der Waals surface area contributed by atoms with Gasteiger partial charge in [-0.05, 0) is 18.9 Å². The number of non-ortho nitro benzene ring substituents is 1. The Morgan fingerprint density at radius 3 is 2.56 bits per heavy atom. The fourth-order valence-electron chi connectivity index (χ4n) is 1.75. The fraction of sp³-hybridized carbons (Fsp3) is 0.455. The number of aliphatic hydroxyl groups is 1. The van der Waals surface area contributed by atoms with Gasteiger partial charge >= 0.3 is 0 Å². The number of aliphatic hydroxyl groups excluding tert-OH is 1. The lowest BCUT2D eigenvalue weighted by Crippen LogP contribution is -2.14. The Kier molecular flexibility index (Phi) is 4.26. The topological polar surface area (TPSA) is 63.4 Å². The van der Waals surface area contributed by atoms with Crippen LogP contribution in [-0.2, 0) is 0 Å². The van der Waals surface area contributed by atoms with Crippen LogP contribution in [-0.4, -0.2) is 16.1 Å². The minimum absolute atomic E-state index is 0.0332. The summed E-state index contributed by atoms with van der Waals surface area (Å²) >= 11 is 5.98. The first-order valence-electron chi connectivity index (χ1n) is 5.09. The number of nitrogens with zero attached hydrogens (tertiary/aromatic N) is 1. The highest BCUT2D eigenvalue weighted by molar-refractivity contribution is 6.31. The number of hydrogen-bond donors (Lipinski definition) is 1. The molecule has 0 fully saturated rings. The van der Waals surface area contributed by atoms with Crippen LogP contribution < -0.4 is 0 Å². The third-order valence-corrected chi connectivity index (χ3v) is 2.94. The van der Waals surface area contributed by atoms with Crippen molar-refractivity contribution in [2.45, 2.75) is 32.3 Å². The lowest BCUT2D eigenvalue weighted by atomic mass is 9.91. The van der Waals surface area contributed by atoms with Crippen molar-refractivity contribution in [2.24, 2.45) is 0 Å². The molecule has 0 radical (unpaired) electrons. The Bertz CT molecular complexity index is 393. The number of hydrogen-bond acceptors (Lipinski definition) is 3. The molecule has 0 aliphatic heterocycles. The zero-order valence-electron chi connectivity index (χ0n) is 9.18. The lowest BCUT2D eigenvalue weighted by Gasteiger charge is -2.19. The molecule has 2 atom stereocenters. The van der Waals surface area contributed by atoms with Gasteiger partial charge in [0, 0.05) is 18.1 Å². The molecular weight excluding hydrogens is 230 g/mol. The van der Waals surface area contributed by atoms with Crippen molar-refractivity contribution in [3.05, 3.63) is 38.9 Å². The predicted molar refractivity (Wildman–Crippen MR) is 62.8 cm³/mol. The molecule has 0 amide bonds. The van der Waals surface area contributed by atoms with Crippen LogP contribution in [0.5, 0.6) is 0 Å². The summed E-state index contributed by atoms with van der Waals surface area (Å²) in [5.74, 6) is -0.0895. The van der Waals surface area contributed by atoms with Gasteiger partial charge in [0.15, 0.2) is 0 Å². The van der Waals surface area contributed by atoms with Crippen molar-refractivity contribution in [1.82, 2.24) is 0 Å². The van der Waals surface area contributed by atoms with Gasteiger partial charge in [-0.2, -0.15) is 0 Å². The smallest absolute Gasteiger partial charge is 0.270 e. The van der Waals surface area contributed by atoms with E-state index in [1.807, 2.05) is 6.92 Å². The van der Waals surface area contributed by atoms with Gasteiger partial charge in [-0.25, -0.2) is 0 Å². The summed E-state index contributed by atoms with van der Waals surface area (Å²) in [7, 11) is 0. The van der Waals surface area contributed by atoms with Gasteiger partial charge in [-0.1, -0.05) is 24.6 Å². The van der Waals surface area contributed by atoms with Crippen molar-refractivity contribution >= 4 is 17.3 Å². The molecule has 0 aromatic heterocycles. The number of nitro groups is 1. The monoisotopic (exact) mass is 243 g/mol. The van der Waals surface area contributed by atoms with Crippen LogP contribution in [0, 0.1) is 10.1 Å². The summed E-state index contributed by atoms with van der Waals surface area (Å²) in [6.07, 6.45) is 0.207. The van der Waals surface area contributed by atoms with Crippen molar-refractivity contribution in [3.63, 3.8) is 0 Å². The molecule has 0 saturated heterocycles. The summed E-state index contributed by atoms with van der Waals surface area (Å²) in [4.78, 5) is 10.0. The summed E-state index contributed by atoms with van der Waals surface area (Å²) in [6, 6.07) is 4.34. The van der Waals surface area contributed by atoms with Crippen LogP contribution in [0.4, 0.5) is 5.69 Å². The molecule has 1 N–H and O–H groups in total. The highest BCUT2D eigenvalue weighted by atomic mass is 35.5. The largest absolute Gasteiger partial charge is 0.393 e. The molecule has 0 aliphatic rings. The zero-order valence-corrected chi connectivity index (χ0v) is 9.94. The van der Waals surface area contributed by atoms with Crippen LogP contribution in [0.15, 0.2) is 18.2 Å². The van der Waals surface area contributed by atoms with E-state index in [-0.39, 0.29) is 11.6 Å². The minimum Gasteiger partial charge on any atom is -0.393 e. The number of halogens is 1. The Morgan fingerprint density at radius 1 is 1.56 bits per heavy atom. The maximum absolute atomic E-state index is 10.5. The normalized spacial score (nSPS) is 14.5. The molecular formula is C11H14ClNO3. The van der Waals surface area contributed by atoms with Crippen LogP contribution in [0.1, 0.15) is 31.7 Å². The van der Waals surface area contributed by atoms with Crippen LogP contribution in [0.25, 0.3) is 0 Å². The third kappa shape index (κ3) is 2.71. The number of benzene rings is 1. The lowest BCUT2D eigenvalue weighted by molar-refractivity contribution is -0.384. The molecule has 2 unspecified atom stereocenters. The van der Waals surface area contributed by atoms with Gasteiger partial charge in [0.05, 0.1) is 16.0 Å². The molecule has 1 rings (SSSR count). The van der Waals surface area contributed by atoms with E-state index in [0.29, 0.717) is 5.02 Å². The van der Waals surface area contributed by atoms with E-state index >= 15 is 0 Å². The van der Waals surface area contributed by atoms with E-state index in [1.165, 1.54) is 12.1 Å². The van der Waals surface area contributed by atoms with Crippen LogP contribution in [0.2, 0.25) is 5.02 Å². The Morgan fingerprint density at radius 2 is 2.19 bits per heavy atom. The minimum atomic E-state index is -0.524. The average molecular weight is 244 g/mol. The van der Waals surface area contributed by atoms with E-state index in [1.54, 1.807) is 13.0 Å². The molecule has 0 aliphatic carbocycles. The quantitative estimate of drug-likeness (QED) is 0.653. The van der Waals surface area contributed by atoms with Gasteiger partial charge in [-0.3, -0.25) is 10.1 Å². The molecule has 1 aromatic rings. The van der Waals surface area contributed by atoms with E-state index < -0.39 is 11.0 Å². The SMILES string of the molecule is CCC(c1ccc([N+](=O)[O-])cc1Cl)C(C)O.